The lowest BCUT2D eigenvalue weighted by atomic mass is 9.77. The Morgan fingerprint density at radius 3 is 2.42 bits per heavy atom. The Balaban J connectivity index is 1.64. The lowest BCUT2D eigenvalue weighted by Gasteiger charge is -2.40. The number of esters is 1. The Morgan fingerprint density at radius 1 is 1.05 bits per heavy atom. The molecule has 2 saturated heterocycles. The minimum absolute atomic E-state index is 0.146. The Morgan fingerprint density at radius 2 is 1.77 bits per heavy atom. The molecule has 0 aromatic heterocycles. The Labute approximate surface area is 253 Å². The van der Waals surface area contributed by atoms with E-state index in [1.807, 2.05) is 64.1 Å². The number of ether oxygens (including phenoxy) is 2. The second kappa shape index (κ2) is 12.2. The summed E-state index contributed by atoms with van der Waals surface area (Å²) in [5.74, 6) is -3.78. The minimum atomic E-state index is -1.44. The molecule has 1 aromatic rings. The highest BCUT2D eigenvalue weighted by Crippen LogP contribution is 2.54. The van der Waals surface area contributed by atoms with Crippen molar-refractivity contribution in [3.05, 3.63) is 60.2 Å². The number of cyclic esters (lactones) is 1. The highest BCUT2D eigenvalue weighted by Gasteiger charge is 2.72. The Kier molecular flexibility index (Phi) is 8.81. The predicted molar refractivity (Wildman–Crippen MR) is 158 cm³/mol. The summed E-state index contributed by atoms with van der Waals surface area (Å²) in [7, 11) is 0. The molecule has 10 nitrogen and oxygen atoms in total. The van der Waals surface area contributed by atoms with Gasteiger partial charge in [0.1, 0.15) is 23.7 Å². The van der Waals surface area contributed by atoms with Crippen LogP contribution in [-0.4, -0.2) is 87.6 Å². The number of carbonyl (C=O) groups excluding carboxylic acids is 4. The molecule has 1 spiro atoms. The van der Waals surface area contributed by atoms with Gasteiger partial charge in [0.15, 0.2) is 0 Å². The number of hydrogen-bond acceptors (Lipinski definition) is 7. The number of amides is 3. The van der Waals surface area contributed by atoms with Crippen molar-refractivity contribution in [1.82, 2.24) is 15.1 Å². The van der Waals surface area contributed by atoms with E-state index in [0.29, 0.717) is 18.5 Å². The third-order valence-corrected chi connectivity index (χ3v) is 9.25. The molecule has 1 aromatic carbocycles. The molecule has 0 saturated carbocycles. The number of carbonyl (C=O) groups is 4. The van der Waals surface area contributed by atoms with Crippen LogP contribution >= 0.6 is 0 Å². The van der Waals surface area contributed by atoms with Crippen LogP contribution in [0.25, 0.3) is 0 Å². The quantitative estimate of drug-likeness (QED) is 0.397. The summed E-state index contributed by atoms with van der Waals surface area (Å²) in [6.07, 6.45) is 6.08. The smallest absolute Gasteiger partial charge is 0.313 e. The fourth-order valence-electron chi connectivity index (χ4n) is 7.10. The predicted octanol–water partition coefficient (Wildman–Crippen LogP) is 2.53. The number of aliphatic hydroxyl groups excluding tert-OH is 1. The molecule has 10 heteroatoms. The van der Waals surface area contributed by atoms with E-state index in [9.17, 15) is 24.3 Å². The van der Waals surface area contributed by atoms with E-state index >= 15 is 0 Å². The van der Waals surface area contributed by atoms with E-state index in [-0.39, 0.29) is 36.8 Å². The molecule has 0 radical (unpaired) electrons. The van der Waals surface area contributed by atoms with Gasteiger partial charge in [-0.3, -0.25) is 19.2 Å². The van der Waals surface area contributed by atoms with Gasteiger partial charge in [-0.25, -0.2) is 0 Å². The van der Waals surface area contributed by atoms with Crippen LogP contribution in [0.3, 0.4) is 0 Å². The van der Waals surface area contributed by atoms with Gasteiger partial charge in [-0.1, -0.05) is 68.5 Å². The molecule has 0 bridgehead atoms. The van der Waals surface area contributed by atoms with E-state index in [0.717, 1.165) is 0 Å². The third kappa shape index (κ3) is 5.40. The van der Waals surface area contributed by atoms with Gasteiger partial charge < -0.3 is 29.7 Å². The topological polar surface area (TPSA) is 125 Å². The van der Waals surface area contributed by atoms with Crippen LogP contribution in [0.15, 0.2) is 54.6 Å². The van der Waals surface area contributed by atoms with Gasteiger partial charge in [-0.15, -0.1) is 0 Å². The molecule has 4 heterocycles. The van der Waals surface area contributed by atoms with Gasteiger partial charge in [0.05, 0.1) is 30.7 Å². The summed E-state index contributed by atoms with van der Waals surface area (Å²) in [5.41, 5.74) is -0.739. The van der Waals surface area contributed by atoms with E-state index in [2.05, 4.69) is 5.32 Å². The van der Waals surface area contributed by atoms with Gasteiger partial charge in [-0.05, 0) is 38.7 Å². The summed E-state index contributed by atoms with van der Waals surface area (Å²) in [6.45, 7) is 9.39. The number of benzene rings is 1. The van der Waals surface area contributed by atoms with Gasteiger partial charge in [0.2, 0.25) is 17.7 Å². The number of fused-ring (bicyclic) bond motifs is 2. The lowest BCUT2D eigenvalue weighted by molar-refractivity contribution is -0.162. The first kappa shape index (κ1) is 30.9. The zero-order valence-corrected chi connectivity index (χ0v) is 25.5. The van der Waals surface area contributed by atoms with Gasteiger partial charge in [0.25, 0.3) is 0 Å². The summed E-state index contributed by atoms with van der Waals surface area (Å²) in [5, 5.41) is 13.4. The first-order chi connectivity index (χ1) is 20.5. The fraction of sp³-hybridized carbons (Fsp3) is 0.576. The maximum absolute atomic E-state index is 14.6. The minimum Gasteiger partial charge on any atom is -0.455 e. The second-order valence-corrected chi connectivity index (χ2v) is 12.7. The summed E-state index contributed by atoms with van der Waals surface area (Å²) >= 11 is 0. The summed E-state index contributed by atoms with van der Waals surface area (Å²) in [4.78, 5) is 59.0. The van der Waals surface area contributed by atoms with Crippen molar-refractivity contribution in [3.8, 4) is 0 Å². The van der Waals surface area contributed by atoms with Crippen molar-refractivity contribution >= 4 is 23.7 Å². The number of allylic oxidation sites excluding steroid dienone is 1. The van der Waals surface area contributed by atoms with Gasteiger partial charge >= 0.3 is 5.97 Å². The number of aliphatic hydroxyl groups is 1. The maximum Gasteiger partial charge on any atom is 0.313 e. The number of likely N-dealkylation sites (tertiary alicyclic amines) is 1. The van der Waals surface area contributed by atoms with Gasteiger partial charge in [0, 0.05) is 19.0 Å². The second-order valence-electron chi connectivity index (χ2n) is 12.7. The summed E-state index contributed by atoms with van der Waals surface area (Å²) < 4.78 is 12.9. The van der Waals surface area contributed by atoms with Gasteiger partial charge in [-0.2, -0.15) is 0 Å². The van der Waals surface area contributed by atoms with Crippen molar-refractivity contribution in [2.75, 3.05) is 13.2 Å². The maximum atomic E-state index is 14.6. The van der Waals surface area contributed by atoms with Crippen molar-refractivity contribution in [2.45, 2.75) is 89.4 Å². The zero-order valence-electron chi connectivity index (χ0n) is 25.5. The van der Waals surface area contributed by atoms with E-state index in [1.165, 1.54) is 4.90 Å². The fourth-order valence-corrected chi connectivity index (χ4v) is 7.10. The molecule has 4 aliphatic heterocycles. The van der Waals surface area contributed by atoms with Crippen LogP contribution in [0, 0.1) is 17.8 Å². The lowest BCUT2D eigenvalue weighted by Crippen LogP contribution is -2.59. The highest BCUT2D eigenvalue weighted by molar-refractivity contribution is 5.99. The first-order valence-corrected chi connectivity index (χ1v) is 15.3. The monoisotopic (exact) mass is 593 g/mol. The molecule has 4 aliphatic rings. The van der Waals surface area contributed by atoms with E-state index in [4.69, 9.17) is 9.47 Å². The molecule has 0 unspecified atom stereocenters. The number of nitrogens with zero attached hydrogens (tertiary/aromatic N) is 2. The molecular weight excluding hydrogens is 550 g/mol. The molecule has 43 heavy (non-hydrogen) atoms. The van der Waals surface area contributed by atoms with E-state index < -0.39 is 59.6 Å². The molecule has 0 aliphatic carbocycles. The van der Waals surface area contributed by atoms with Crippen molar-refractivity contribution < 1.29 is 33.8 Å². The molecule has 8 atom stereocenters. The summed E-state index contributed by atoms with van der Waals surface area (Å²) in [6, 6.07) is 6.77. The standard InChI is InChI=1S/C33H43N3O7/c1-19(2)23(18-37)36-29-31(40)35(20(3)4)17-11-16-33(29)27(30(36)39)26-24(43-33)14-9-10-15-25(38)34-21(5)28(42-32(26)41)22-12-7-6-8-13-22/h6-9,11-14,16,19-21,23-24,26-29,37H,10,15,17-18H2,1-5H3,(H,34,38)/b14-9-/t21-,23+,24-,26+,27+,28+,29-,33+/m1/s1. The number of rotatable bonds is 5. The van der Waals surface area contributed by atoms with E-state index in [1.54, 1.807) is 30.1 Å². The average Bonchev–Trinajstić information content (AvgIpc) is 3.34. The molecule has 2 fully saturated rings. The number of nitrogens with one attached hydrogen (secondary N) is 1. The van der Waals surface area contributed by atoms with Crippen LogP contribution in [0.5, 0.6) is 0 Å². The van der Waals surface area contributed by atoms with Crippen molar-refractivity contribution in [1.29, 1.82) is 0 Å². The molecule has 232 valence electrons. The van der Waals surface area contributed by atoms with Crippen LogP contribution < -0.4 is 5.32 Å². The normalized spacial score (nSPS) is 34.5. The number of hydrogen-bond donors (Lipinski definition) is 2. The molecule has 2 N–H and O–H groups in total. The Hall–Kier alpha value is -3.50. The largest absolute Gasteiger partial charge is 0.455 e. The van der Waals surface area contributed by atoms with Crippen LogP contribution in [0.1, 0.15) is 59.1 Å². The Bertz CT molecular complexity index is 1290. The van der Waals surface area contributed by atoms with Crippen LogP contribution in [0.2, 0.25) is 0 Å². The first-order valence-electron chi connectivity index (χ1n) is 15.3. The van der Waals surface area contributed by atoms with Crippen molar-refractivity contribution in [3.63, 3.8) is 0 Å². The van der Waals surface area contributed by atoms with Crippen LogP contribution in [0.4, 0.5) is 0 Å². The third-order valence-electron chi connectivity index (χ3n) is 9.25. The molecule has 3 amide bonds. The SMILES string of the molecule is CC(C)[C@H](CO)N1C(=O)[C@@H]2[C@H]3C(=O)O[C@H](c4ccccc4)[C@@H](C)NC(=O)CC/C=C\[C@H]3O[C@@]23C=CCN(C(C)C)C(=O)[C@@H]13. The zero-order chi connectivity index (χ0) is 31.1. The van der Waals surface area contributed by atoms with Crippen molar-refractivity contribution in [2.24, 2.45) is 17.8 Å². The average molecular weight is 594 g/mol. The molecule has 5 rings (SSSR count). The highest BCUT2D eigenvalue weighted by atomic mass is 16.6. The molecular formula is C33H43N3O7. The van der Waals surface area contributed by atoms with Crippen LogP contribution in [-0.2, 0) is 28.7 Å².